The summed E-state index contributed by atoms with van der Waals surface area (Å²) >= 11 is 0. The average Bonchev–Trinajstić information content (AvgIpc) is 2.64. The van der Waals surface area contributed by atoms with Gasteiger partial charge >= 0.3 is 0 Å². The number of fused-ring (bicyclic) bond motifs is 4. The fourth-order valence-corrected chi connectivity index (χ4v) is 2.37. The molecular weight excluding hydrogens is 186 g/mol. The van der Waals surface area contributed by atoms with Crippen LogP contribution in [0.25, 0.3) is 0 Å². The average molecular weight is 201 g/mol. The minimum Gasteiger partial charge on any atom is -0.348 e. The fourth-order valence-electron chi connectivity index (χ4n) is 2.37. The standard InChI is InChI=1S/C9H15NO4/c1-9(2)13-6-4-3-11-8(12-4)5(10)7(6)14-9/h4-8H,3,10H2,1-2H3. The maximum Gasteiger partial charge on any atom is 0.175 e. The number of rotatable bonds is 0. The molecule has 80 valence electrons. The maximum atomic E-state index is 5.97. The second-order valence-corrected chi connectivity index (χ2v) is 4.52. The van der Waals surface area contributed by atoms with Crippen molar-refractivity contribution in [2.45, 2.75) is 50.3 Å². The molecule has 3 aliphatic heterocycles. The molecule has 0 amide bonds. The van der Waals surface area contributed by atoms with Crippen LogP contribution < -0.4 is 5.73 Å². The molecule has 0 radical (unpaired) electrons. The summed E-state index contributed by atoms with van der Waals surface area (Å²) in [6, 6.07) is -0.250. The normalized spacial score (nSPS) is 54.6. The molecule has 2 N–H and O–H groups in total. The van der Waals surface area contributed by atoms with Crippen LogP contribution in [0.15, 0.2) is 0 Å². The van der Waals surface area contributed by atoms with E-state index >= 15 is 0 Å². The lowest BCUT2D eigenvalue weighted by Crippen LogP contribution is -2.56. The Balaban J connectivity index is 1.88. The Morgan fingerprint density at radius 2 is 1.93 bits per heavy atom. The lowest BCUT2D eigenvalue weighted by atomic mass is 10.00. The van der Waals surface area contributed by atoms with Crippen LogP contribution >= 0.6 is 0 Å². The van der Waals surface area contributed by atoms with E-state index in [1.807, 2.05) is 13.8 Å². The molecule has 14 heavy (non-hydrogen) atoms. The van der Waals surface area contributed by atoms with E-state index in [-0.39, 0.29) is 30.6 Å². The zero-order valence-corrected chi connectivity index (χ0v) is 8.30. The lowest BCUT2D eigenvalue weighted by Gasteiger charge is -2.32. The molecule has 0 aromatic rings. The Bertz CT molecular complexity index is 249. The molecule has 5 unspecified atom stereocenters. The van der Waals surface area contributed by atoms with E-state index in [0.29, 0.717) is 6.61 Å². The second-order valence-electron chi connectivity index (χ2n) is 4.52. The Labute approximate surface area is 82.4 Å². The van der Waals surface area contributed by atoms with E-state index in [1.165, 1.54) is 0 Å². The summed E-state index contributed by atoms with van der Waals surface area (Å²) < 4.78 is 22.4. The van der Waals surface area contributed by atoms with Crippen molar-refractivity contribution in [1.29, 1.82) is 0 Å². The third-order valence-electron chi connectivity index (χ3n) is 2.96. The van der Waals surface area contributed by atoms with Crippen molar-refractivity contribution in [2.75, 3.05) is 6.61 Å². The van der Waals surface area contributed by atoms with Gasteiger partial charge in [-0.2, -0.15) is 0 Å². The van der Waals surface area contributed by atoms with Crippen LogP contribution in [0.3, 0.4) is 0 Å². The molecule has 3 saturated heterocycles. The van der Waals surface area contributed by atoms with E-state index < -0.39 is 5.79 Å². The van der Waals surface area contributed by atoms with Gasteiger partial charge in [0, 0.05) is 0 Å². The second kappa shape index (κ2) is 2.68. The summed E-state index contributed by atoms with van der Waals surface area (Å²) in [7, 11) is 0. The first-order chi connectivity index (χ1) is 6.57. The van der Waals surface area contributed by atoms with E-state index in [0.717, 1.165) is 0 Å². The predicted octanol–water partition coefficient (Wildman–Crippen LogP) is -0.411. The van der Waals surface area contributed by atoms with E-state index in [9.17, 15) is 0 Å². The lowest BCUT2D eigenvalue weighted by molar-refractivity contribution is -0.151. The van der Waals surface area contributed by atoms with Gasteiger partial charge in [0.05, 0.1) is 12.6 Å². The highest BCUT2D eigenvalue weighted by atomic mass is 16.8. The smallest absolute Gasteiger partial charge is 0.175 e. The highest BCUT2D eigenvalue weighted by molar-refractivity contribution is 5.00. The van der Waals surface area contributed by atoms with Gasteiger partial charge in [0.2, 0.25) is 0 Å². The van der Waals surface area contributed by atoms with Gasteiger partial charge in [-0.15, -0.1) is 0 Å². The highest BCUT2D eigenvalue weighted by Crippen LogP contribution is 2.39. The Morgan fingerprint density at radius 3 is 2.71 bits per heavy atom. The van der Waals surface area contributed by atoms with Crippen molar-refractivity contribution in [1.82, 2.24) is 0 Å². The van der Waals surface area contributed by atoms with Gasteiger partial charge in [0.1, 0.15) is 18.3 Å². The van der Waals surface area contributed by atoms with Gasteiger partial charge in [-0.1, -0.05) is 0 Å². The molecule has 0 saturated carbocycles. The number of ether oxygens (including phenoxy) is 4. The first-order valence-electron chi connectivity index (χ1n) is 4.95. The summed E-state index contributed by atoms with van der Waals surface area (Å²) in [4.78, 5) is 0. The van der Waals surface area contributed by atoms with Crippen LogP contribution in [0.1, 0.15) is 13.8 Å². The van der Waals surface area contributed by atoms with Gasteiger partial charge < -0.3 is 24.7 Å². The van der Waals surface area contributed by atoms with Crippen LogP contribution in [0.2, 0.25) is 0 Å². The molecule has 5 nitrogen and oxygen atoms in total. The molecule has 3 heterocycles. The van der Waals surface area contributed by atoms with Gasteiger partial charge in [-0.05, 0) is 13.8 Å². The summed E-state index contributed by atoms with van der Waals surface area (Å²) in [5, 5.41) is 0. The first-order valence-corrected chi connectivity index (χ1v) is 4.95. The molecule has 5 atom stereocenters. The Morgan fingerprint density at radius 1 is 1.21 bits per heavy atom. The monoisotopic (exact) mass is 201 g/mol. The van der Waals surface area contributed by atoms with E-state index in [4.69, 9.17) is 24.7 Å². The Hall–Kier alpha value is -0.200. The Kier molecular flexibility index (Phi) is 1.73. The fraction of sp³-hybridized carbons (Fsp3) is 1.00. The van der Waals surface area contributed by atoms with Crippen molar-refractivity contribution in [3.63, 3.8) is 0 Å². The highest BCUT2D eigenvalue weighted by Gasteiger charge is 2.57. The van der Waals surface area contributed by atoms with Crippen LogP contribution in [0.4, 0.5) is 0 Å². The van der Waals surface area contributed by atoms with Crippen molar-refractivity contribution < 1.29 is 18.9 Å². The molecule has 5 heteroatoms. The number of nitrogens with two attached hydrogens (primary N) is 1. The van der Waals surface area contributed by atoms with E-state index in [2.05, 4.69) is 0 Å². The van der Waals surface area contributed by atoms with Gasteiger partial charge in [-0.25, -0.2) is 0 Å². The molecular formula is C9H15NO4. The number of hydrogen-bond donors (Lipinski definition) is 1. The minimum absolute atomic E-state index is 0.0217. The molecule has 3 aliphatic rings. The molecule has 0 aromatic carbocycles. The topological polar surface area (TPSA) is 62.9 Å². The largest absolute Gasteiger partial charge is 0.348 e. The molecule has 2 bridgehead atoms. The van der Waals surface area contributed by atoms with Crippen LogP contribution in [0, 0.1) is 0 Å². The molecule has 0 spiro atoms. The van der Waals surface area contributed by atoms with E-state index in [1.54, 1.807) is 0 Å². The SMILES string of the molecule is CC1(C)OC2C3COC(O3)C(N)C2O1. The summed E-state index contributed by atoms with van der Waals surface area (Å²) in [5.74, 6) is -0.555. The van der Waals surface area contributed by atoms with Crippen molar-refractivity contribution in [3.8, 4) is 0 Å². The maximum absolute atomic E-state index is 5.97. The predicted molar refractivity (Wildman–Crippen MR) is 46.4 cm³/mol. The summed E-state index contributed by atoms with van der Waals surface area (Å²) in [5.41, 5.74) is 5.97. The van der Waals surface area contributed by atoms with Crippen molar-refractivity contribution in [3.05, 3.63) is 0 Å². The zero-order valence-electron chi connectivity index (χ0n) is 8.30. The van der Waals surface area contributed by atoms with Crippen LogP contribution in [0.5, 0.6) is 0 Å². The quantitative estimate of drug-likeness (QED) is 0.577. The van der Waals surface area contributed by atoms with Gasteiger partial charge in [0.25, 0.3) is 0 Å². The first kappa shape index (κ1) is 9.06. The summed E-state index contributed by atoms with van der Waals surface area (Å²) in [6.45, 7) is 4.35. The van der Waals surface area contributed by atoms with Crippen molar-refractivity contribution >= 4 is 0 Å². The van der Waals surface area contributed by atoms with Crippen molar-refractivity contribution in [2.24, 2.45) is 5.73 Å². The summed E-state index contributed by atoms with van der Waals surface area (Å²) in [6.07, 6.45) is -0.527. The van der Waals surface area contributed by atoms with Crippen LogP contribution in [-0.4, -0.2) is 43.0 Å². The minimum atomic E-state index is -0.555. The van der Waals surface area contributed by atoms with Gasteiger partial charge in [-0.3, -0.25) is 0 Å². The van der Waals surface area contributed by atoms with Crippen LogP contribution in [-0.2, 0) is 18.9 Å². The third kappa shape index (κ3) is 1.14. The molecule has 0 aromatic heterocycles. The molecule has 3 fully saturated rings. The van der Waals surface area contributed by atoms with Gasteiger partial charge in [0.15, 0.2) is 12.1 Å². The zero-order chi connectivity index (χ0) is 9.92. The molecule has 3 rings (SSSR count). The third-order valence-corrected chi connectivity index (χ3v) is 2.96. The number of hydrogen-bond acceptors (Lipinski definition) is 5. The molecule has 0 aliphatic carbocycles.